The summed E-state index contributed by atoms with van der Waals surface area (Å²) >= 11 is 3.40. The van der Waals surface area contributed by atoms with Crippen LogP contribution in [-0.4, -0.2) is 42.9 Å². The van der Waals surface area contributed by atoms with Gasteiger partial charge in [0.15, 0.2) is 0 Å². The summed E-state index contributed by atoms with van der Waals surface area (Å²) < 4.78 is 0.802. The third-order valence-electron chi connectivity index (χ3n) is 3.04. The molecule has 2 amide bonds. The molecule has 1 heterocycles. The molecule has 2 rings (SSSR count). The Kier molecular flexibility index (Phi) is 4.55. The van der Waals surface area contributed by atoms with Gasteiger partial charge in [0.1, 0.15) is 0 Å². The maximum atomic E-state index is 12.0. The quantitative estimate of drug-likeness (QED) is 0.761. The highest BCUT2D eigenvalue weighted by molar-refractivity contribution is 9.10. The van der Waals surface area contributed by atoms with Crippen molar-refractivity contribution in [2.75, 3.05) is 31.5 Å². The fourth-order valence-electron chi connectivity index (χ4n) is 1.93. The number of benzene rings is 1. The molecule has 1 aromatic rings. The minimum atomic E-state index is -0.590. The van der Waals surface area contributed by atoms with Crippen LogP contribution in [0.2, 0.25) is 0 Å². The van der Waals surface area contributed by atoms with Gasteiger partial charge in [-0.2, -0.15) is 0 Å². The summed E-state index contributed by atoms with van der Waals surface area (Å²) in [7, 11) is 0. The molecule has 2 N–H and O–H groups in total. The van der Waals surface area contributed by atoms with E-state index in [2.05, 4.69) is 26.6 Å². The summed E-state index contributed by atoms with van der Waals surface area (Å²) in [4.78, 5) is 25.5. The number of hydrogen-bond acceptors (Lipinski definition) is 3. The van der Waals surface area contributed by atoms with E-state index in [1.165, 1.54) is 0 Å². The van der Waals surface area contributed by atoms with Crippen molar-refractivity contribution in [1.82, 2.24) is 10.2 Å². The second-order valence-corrected chi connectivity index (χ2v) is 5.23. The van der Waals surface area contributed by atoms with Crippen LogP contribution in [0.25, 0.3) is 0 Å². The molecule has 0 bridgehead atoms. The lowest BCUT2D eigenvalue weighted by molar-refractivity contribution is -0.143. The van der Waals surface area contributed by atoms with Crippen molar-refractivity contribution in [2.45, 2.75) is 6.92 Å². The zero-order chi connectivity index (χ0) is 13.8. The molecule has 6 heteroatoms. The van der Waals surface area contributed by atoms with Gasteiger partial charge in [-0.15, -0.1) is 0 Å². The van der Waals surface area contributed by atoms with Crippen LogP contribution >= 0.6 is 15.9 Å². The number of amides is 2. The maximum Gasteiger partial charge on any atom is 0.313 e. The number of aryl methyl sites for hydroxylation is 1. The van der Waals surface area contributed by atoms with Crippen LogP contribution in [0.5, 0.6) is 0 Å². The number of nitrogens with zero attached hydrogens (tertiary/aromatic N) is 1. The lowest BCUT2D eigenvalue weighted by Crippen LogP contribution is -2.49. The third kappa shape index (κ3) is 3.33. The SMILES string of the molecule is Cc1cccc(NC(=O)C(=O)N2CCNCC2)c1Br. The van der Waals surface area contributed by atoms with E-state index in [1.807, 2.05) is 19.1 Å². The molecule has 102 valence electrons. The van der Waals surface area contributed by atoms with Gasteiger partial charge in [-0.05, 0) is 34.5 Å². The average molecular weight is 326 g/mol. The van der Waals surface area contributed by atoms with E-state index in [0.717, 1.165) is 23.1 Å². The molecule has 1 aliphatic heterocycles. The lowest BCUT2D eigenvalue weighted by atomic mass is 10.2. The minimum absolute atomic E-state index is 0.477. The topological polar surface area (TPSA) is 61.4 Å². The van der Waals surface area contributed by atoms with E-state index in [4.69, 9.17) is 0 Å². The smallest absolute Gasteiger partial charge is 0.313 e. The molecule has 1 aromatic carbocycles. The first-order chi connectivity index (χ1) is 9.09. The Morgan fingerprint density at radius 3 is 2.68 bits per heavy atom. The van der Waals surface area contributed by atoms with Crippen LogP contribution < -0.4 is 10.6 Å². The van der Waals surface area contributed by atoms with Gasteiger partial charge < -0.3 is 15.5 Å². The standard InChI is InChI=1S/C13H16BrN3O2/c1-9-3-2-4-10(11(9)14)16-12(18)13(19)17-7-5-15-6-8-17/h2-4,15H,5-8H2,1H3,(H,16,18). The third-order valence-corrected chi connectivity index (χ3v) is 4.09. The molecule has 0 atom stereocenters. The van der Waals surface area contributed by atoms with Crippen molar-refractivity contribution >= 4 is 33.4 Å². The van der Waals surface area contributed by atoms with Crippen molar-refractivity contribution < 1.29 is 9.59 Å². The molecular formula is C13H16BrN3O2. The first-order valence-electron chi connectivity index (χ1n) is 6.15. The van der Waals surface area contributed by atoms with Crippen molar-refractivity contribution in [3.8, 4) is 0 Å². The number of carbonyl (C=O) groups excluding carboxylic acids is 2. The van der Waals surface area contributed by atoms with Crippen molar-refractivity contribution in [2.24, 2.45) is 0 Å². The molecule has 1 saturated heterocycles. The number of halogens is 1. The Hall–Kier alpha value is -1.40. The number of hydrogen-bond donors (Lipinski definition) is 2. The van der Waals surface area contributed by atoms with E-state index in [9.17, 15) is 9.59 Å². The highest BCUT2D eigenvalue weighted by Crippen LogP contribution is 2.25. The van der Waals surface area contributed by atoms with Gasteiger partial charge in [0.2, 0.25) is 0 Å². The number of rotatable bonds is 1. The molecule has 19 heavy (non-hydrogen) atoms. The van der Waals surface area contributed by atoms with Crippen molar-refractivity contribution in [3.05, 3.63) is 28.2 Å². The van der Waals surface area contributed by atoms with Crippen LogP contribution in [0, 0.1) is 6.92 Å². The summed E-state index contributed by atoms with van der Waals surface area (Å²) in [6.45, 7) is 4.53. The second-order valence-electron chi connectivity index (χ2n) is 4.43. The lowest BCUT2D eigenvalue weighted by Gasteiger charge is -2.26. The molecule has 5 nitrogen and oxygen atoms in total. The summed E-state index contributed by atoms with van der Waals surface area (Å²) in [5.41, 5.74) is 1.63. The molecule has 0 radical (unpaired) electrons. The Bertz CT molecular complexity index is 499. The Morgan fingerprint density at radius 2 is 2.00 bits per heavy atom. The zero-order valence-electron chi connectivity index (χ0n) is 10.7. The molecule has 1 fully saturated rings. The van der Waals surface area contributed by atoms with Crippen LogP contribution in [0.1, 0.15) is 5.56 Å². The maximum absolute atomic E-state index is 12.0. The number of carbonyl (C=O) groups is 2. The van der Waals surface area contributed by atoms with E-state index in [-0.39, 0.29) is 0 Å². The average Bonchev–Trinajstić information content (AvgIpc) is 2.44. The predicted octanol–water partition coefficient (Wildman–Crippen LogP) is 1.13. The van der Waals surface area contributed by atoms with Gasteiger partial charge in [0.25, 0.3) is 0 Å². The van der Waals surface area contributed by atoms with Gasteiger partial charge in [-0.25, -0.2) is 0 Å². The van der Waals surface area contributed by atoms with Crippen LogP contribution in [0.15, 0.2) is 22.7 Å². The van der Waals surface area contributed by atoms with Gasteiger partial charge >= 0.3 is 11.8 Å². The Labute approximate surface area is 120 Å². The molecule has 0 unspecified atom stereocenters. The van der Waals surface area contributed by atoms with Crippen LogP contribution in [0.4, 0.5) is 5.69 Å². The molecular weight excluding hydrogens is 310 g/mol. The number of nitrogens with one attached hydrogen (secondary N) is 2. The largest absolute Gasteiger partial charge is 0.332 e. The molecule has 0 aromatic heterocycles. The Morgan fingerprint density at radius 1 is 1.32 bits per heavy atom. The second kappa shape index (κ2) is 6.16. The van der Waals surface area contributed by atoms with Crippen LogP contribution in [0.3, 0.4) is 0 Å². The van der Waals surface area contributed by atoms with E-state index in [0.29, 0.717) is 18.8 Å². The zero-order valence-corrected chi connectivity index (χ0v) is 12.3. The van der Waals surface area contributed by atoms with E-state index >= 15 is 0 Å². The monoisotopic (exact) mass is 325 g/mol. The number of piperazine rings is 1. The van der Waals surface area contributed by atoms with Crippen LogP contribution in [-0.2, 0) is 9.59 Å². The molecule has 0 spiro atoms. The Balaban J connectivity index is 2.04. The van der Waals surface area contributed by atoms with Gasteiger partial charge in [0, 0.05) is 30.7 Å². The van der Waals surface area contributed by atoms with E-state index in [1.54, 1.807) is 11.0 Å². The highest BCUT2D eigenvalue weighted by atomic mass is 79.9. The first kappa shape index (κ1) is 14.0. The van der Waals surface area contributed by atoms with E-state index < -0.39 is 11.8 Å². The normalized spacial score (nSPS) is 15.2. The fourth-order valence-corrected chi connectivity index (χ4v) is 2.29. The van der Waals surface area contributed by atoms with Crippen molar-refractivity contribution in [1.29, 1.82) is 0 Å². The van der Waals surface area contributed by atoms with Gasteiger partial charge in [-0.3, -0.25) is 9.59 Å². The molecule has 1 aliphatic rings. The molecule has 0 saturated carbocycles. The first-order valence-corrected chi connectivity index (χ1v) is 6.95. The number of anilines is 1. The van der Waals surface area contributed by atoms with Gasteiger partial charge in [0.05, 0.1) is 5.69 Å². The van der Waals surface area contributed by atoms with Gasteiger partial charge in [-0.1, -0.05) is 12.1 Å². The summed E-state index contributed by atoms with van der Waals surface area (Å²) in [5, 5.41) is 5.79. The predicted molar refractivity (Wildman–Crippen MR) is 77.0 cm³/mol. The summed E-state index contributed by atoms with van der Waals surface area (Å²) in [6.07, 6.45) is 0. The fraction of sp³-hybridized carbons (Fsp3) is 0.385. The highest BCUT2D eigenvalue weighted by Gasteiger charge is 2.23. The summed E-state index contributed by atoms with van der Waals surface area (Å²) in [6, 6.07) is 5.53. The summed E-state index contributed by atoms with van der Waals surface area (Å²) in [5.74, 6) is -1.07. The molecule has 0 aliphatic carbocycles. The minimum Gasteiger partial charge on any atom is -0.332 e. The van der Waals surface area contributed by atoms with Crippen molar-refractivity contribution in [3.63, 3.8) is 0 Å².